The van der Waals surface area contributed by atoms with Gasteiger partial charge in [0.05, 0.1) is 16.7 Å². The summed E-state index contributed by atoms with van der Waals surface area (Å²) >= 11 is 0. The molecule has 1 heterocycles. The van der Waals surface area contributed by atoms with Gasteiger partial charge in [0.1, 0.15) is 0 Å². The van der Waals surface area contributed by atoms with Crippen LogP contribution in [0.4, 0.5) is 17.3 Å². The molecule has 31 heavy (non-hydrogen) atoms. The molecule has 10 heteroatoms. The van der Waals surface area contributed by atoms with Gasteiger partial charge in [0, 0.05) is 18.0 Å². The van der Waals surface area contributed by atoms with E-state index < -0.39 is 15.7 Å². The summed E-state index contributed by atoms with van der Waals surface area (Å²) in [6, 6.07) is 6.37. The molecule has 0 bridgehead atoms. The molecule has 1 saturated carbocycles. The number of amides is 1. The van der Waals surface area contributed by atoms with Crippen LogP contribution in [0.5, 0.6) is 0 Å². The van der Waals surface area contributed by atoms with Crippen molar-refractivity contribution in [2.45, 2.75) is 62.5 Å². The monoisotopic (exact) mass is 447 g/mol. The molecule has 0 saturated heterocycles. The van der Waals surface area contributed by atoms with E-state index in [0.717, 1.165) is 19.1 Å². The zero-order chi connectivity index (χ0) is 22.8. The zero-order valence-corrected chi connectivity index (χ0v) is 18.7. The van der Waals surface area contributed by atoms with Crippen molar-refractivity contribution in [1.29, 1.82) is 0 Å². The quantitative estimate of drug-likeness (QED) is 0.506. The molecular weight excluding hydrogens is 418 g/mol. The molecule has 0 atom stereocenters. The number of nitrogens with two attached hydrogens (primary N) is 1. The molecule has 1 amide bonds. The second-order valence-electron chi connectivity index (χ2n) is 8.25. The lowest BCUT2D eigenvalue weighted by atomic mass is 9.93. The number of anilines is 3. The molecule has 2 aromatic rings. The molecule has 1 aliphatic rings. The lowest BCUT2D eigenvalue weighted by Crippen LogP contribution is -2.30. The van der Waals surface area contributed by atoms with Crippen LogP contribution in [0.1, 0.15) is 61.6 Å². The Labute approximate surface area is 182 Å². The minimum Gasteiger partial charge on any atom is -0.393 e. The van der Waals surface area contributed by atoms with Gasteiger partial charge in [0.2, 0.25) is 0 Å². The summed E-state index contributed by atoms with van der Waals surface area (Å²) in [7, 11) is -3.39. The lowest BCUT2D eigenvalue weighted by Gasteiger charge is -2.28. The van der Waals surface area contributed by atoms with Crippen molar-refractivity contribution in [3.05, 3.63) is 35.7 Å². The summed E-state index contributed by atoms with van der Waals surface area (Å²) in [5.74, 6) is -0.0440. The number of hydrogen-bond donors (Lipinski definition) is 4. The summed E-state index contributed by atoms with van der Waals surface area (Å²) in [6.45, 7) is 3.90. The molecular formula is C21H29N5O4S. The Bertz CT molecular complexity index is 1060. The largest absolute Gasteiger partial charge is 0.393 e. The number of carbonyl (C=O) groups is 1. The SMILES string of the molecule is CC(C)c1nc(C(N)=O)c(Nc2cccc(S(C)(=O)=O)c2)nc1NC1CCC(O)CC1. The van der Waals surface area contributed by atoms with E-state index in [4.69, 9.17) is 5.73 Å². The number of aliphatic hydroxyl groups is 1. The van der Waals surface area contributed by atoms with Crippen LogP contribution in [0.2, 0.25) is 0 Å². The Morgan fingerprint density at radius 1 is 1.16 bits per heavy atom. The third-order valence-electron chi connectivity index (χ3n) is 5.27. The average molecular weight is 448 g/mol. The third-order valence-corrected chi connectivity index (χ3v) is 6.38. The van der Waals surface area contributed by atoms with Crippen molar-refractivity contribution >= 4 is 33.1 Å². The summed E-state index contributed by atoms with van der Waals surface area (Å²) in [6.07, 6.45) is 3.89. The zero-order valence-electron chi connectivity index (χ0n) is 17.9. The van der Waals surface area contributed by atoms with Gasteiger partial charge in [0.25, 0.3) is 5.91 Å². The van der Waals surface area contributed by atoms with E-state index in [9.17, 15) is 18.3 Å². The molecule has 5 N–H and O–H groups in total. The van der Waals surface area contributed by atoms with E-state index in [2.05, 4.69) is 20.6 Å². The normalized spacial score (nSPS) is 19.3. The predicted octanol–water partition coefficient (Wildman–Crippen LogP) is 2.56. The Morgan fingerprint density at radius 2 is 1.84 bits per heavy atom. The van der Waals surface area contributed by atoms with Crippen LogP contribution in [0.25, 0.3) is 0 Å². The summed E-state index contributed by atoms with van der Waals surface area (Å²) in [4.78, 5) is 21.3. The molecule has 0 aliphatic heterocycles. The summed E-state index contributed by atoms with van der Waals surface area (Å²) in [5.41, 5.74) is 6.61. The number of aliphatic hydroxyl groups excluding tert-OH is 1. The van der Waals surface area contributed by atoms with Crippen LogP contribution in [0, 0.1) is 0 Å². The highest BCUT2D eigenvalue weighted by Crippen LogP contribution is 2.29. The lowest BCUT2D eigenvalue weighted by molar-refractivity contribution is 0.0995. The molecule has 0 unspecified atom stereocenters. The molecule has 3 rings (SSSR count). The van der Waals surface area contributed by atoms with Crippen LogP contribution in [0.15, 0.2) is 29.2 Å². The molecule has 9 nitrogen and oxygen atoms in total. The number of primary amides is 1. The Hall–Kier alpha value is -2.72. The minimum absolute atomic E-state index is 0.00936. The van der Waals surface area contributed by atoms with Crippen LogP contribution in [0.3, 0.4) is 0 Å². The molecule has 1 aromatic heterocycles. The number of nitrogens with one attached hydrogen (secondary N) is 2. The molecule has 0 radical (unpaired) electrons. The minimum atomic E-state index is -3.39. The summed E-state index contributed by atoms with van der Waals surface area (Å²) < 4.78 is 23.7. The molecule has 1 aromatic carbocycles. The van der Waals surface area contributed by atoms with Gasteiger partial charge in [-0.1, -0.05) is 19.9 Å². The second kappa shape index (κ2) is 9.19. The van der Waals surface area contributed by atoms with E-state index in [1.165, 1.54) is 12.1 Å². The van der Waals surface area contributed by atoms with Gasteiger partial charge < -0.3 is 21.5 Å². The fraction of sp³-hybridized carbons (Fsp3) is 0.476. The van der Waals surface area contributed by atoms with E-state index in [1.54, 1.807) is 12.1 Å². The second-order valence-corrected chi connectivity index (χ2v) is 10.3. The first kappa shape index (κ1) is 23.0. The number of carbonyl (C=O) groups excluding carboxylic acids is 1. The van der Waals surface area contributed by atoms with E-state index in [0.29, 0.717) is 30.0 Å². The average Bonchev–Trinajstić information content (AvgIpc) is 2.69. The molecule has 1 aliphatic carbocycles. The topological polar surface area (TPSA) is 147 Å². The smallest absolute Gasteiger partial charge is 0.271 e. The first-order chi connectivity index (χ1) is 14.5. The van der Waals surface area contributed by atoms with E-state index >= 15 is 0 Å². The van der Waals surface area contributed by atoms with Crippen LogP contribution >= 0.6 is 0 Å². The number of hydrogen-bond acceptors (Lipinski definition) is 8. The molecule has 168 valence electrons. The van der Waals surface area contributed by atoms with Crippen molar-refractivity contribution in [2.24, 2.45) is 5.73 Å². The van der Waals surface area contributed by atoms with E-state index in [-0.39, 0.29) is 34.5 Å². The van der Waals surface area contributed by atoms with Gasteiger partial charge in [-0.05, 0) is 49.8 Å². The van der Waals surface area contributed by atoms with Crippen molar-refractivity contribution < 1.29 is 18.3 Å². The first-order valence-corrected chi connectivity index (χ1v) is 12.2. The van der Waals surface area contributed by atoms with Crippen molar-refractivity contribution in [3.63, 3.8) is 0 Å². The first-order valence-electron chi connectivity index (χ1n) is 10.3. The number of nitrogens with zero attached hydrogens (tertiary/aromatic N) is 2. The van der Waals surface area contributed by atoms with Crippen LogP contribution in [-0.2, 0) is 9.84 Å². The highest BCUT2D eigenvalue weighted by atomic mass is 32.2. The predicted molar refractivity (Wildman–Crippen MR) is 119 cm³/mol. The maximum Gasteiger partial charge on any atom is 0.271 e. The van der Waals surface area contributed by atoms with Gasteiger partial charge in [0.15, 0.2) is 27.2 Å². The maximum atomic E-state index is 12.1. The van der Waals surface area contributed by atoms with Crippen LogP contribution < -0.4 is 16.4 Å². The van der Waals surface area contributed by atoms with Gasteiger partial charge in [-0.3, -0.25) is 4.79 Å². The number of benzene rings is 1. The number of sulfone groups is 1. The van der Waals surface area contributed by atoms with Gasteiger partial charge in [-0.2, -0.15) is 0 Å². The van der Waals surface area contributed by atoms with Crippen molar-refractivity contribution in [3.8, 4) is 0 Å². The number of rotatable bonds is 7. The Balaban J connectivity index is 1.99. The fourth-order valence-corrected chi connectivity index (χ4v) is 4.24. The fourth-order valence-electron chi connectivity index (χ4n) is 3.57. The summed E-state index contributed by atoms with van der Waals surface area (Å²) in [5, 5.41) is 16.2. The molecule has 0 spiro atoms. The van der Waals surface area contributed by atoms with Crippen molar-refractivity contribution in [2.75, 3.05) is 16.9 Å². The van der Waals surface area contributed by atoms with Gasteiger partial charge >= 0.3 is 0 Å². The van der Waals surface area contributed by atoms with Crippen molar-refractivity contribution in [1.82, 2.24) is 9.97 Å². The Morgan fingerprint density at radius 3 is 2.42 bits per heavy atom. The van der Waals surface area contributed by atoms with Crippen LogP contribution in [-0.4, -0.2) is 47.8 Å². The molecule has 1 fully saturated rings. The highest BCUT2D eigenvalue weighted by Gasteiger charge is 2.24. The van der Waals surface area contributed by atoms with Gasteiger partial charge in [-0.15, -0.1) is 0 Å². The highest BCUT2D eigenvalue weighted by molar-refractivity contribution is 7.90. The maximum absolute atomic E-state index is 12.1. The van der Waals surface area contributed by atoms with E-state index in [1.807, 2.05) is 13.8 Å². The number of aromatic nitrogens is 2. The third kappa shape index (κ3) is 5.71. The Kier molecular flexibility index (Phi) is 6.80. The standard InChI is InChI=1S/C21H29N5O4S/c1-12(2)17-20(23-13-7-9-15(27)10-8-13)26-21(18(25-17)19(22)28)24-14-5-4-6-16(11-14)31(3,29)30/h4-6,11-13,15,27H,7-10H2,1-3H3,(H2,22,28)(H2,23,24,26). The van der Waals surface area contributed by atoms with Gasteiger partial charge in [-0.25, -0.2) is 18.4 Å².